The molecule has 2 heterocycles. The highest BCUT2D eigenvalue weighted by Gasteiger charge is 2.10. The summed E-state index contributed by atoms with van der Waals surface area (Å²) < 4.78 is 10.7. The van der Waals surface area contributed by atoms with Gasteiger partial charge in [-0.25, -0.2) is 4.98 Å². The van der Waals surface area contributed by atoms with Crippen molar-refractivity contribution in [3.05, 3.63) is 29.1 Å². The van der Waals surface area contributed by atoms with Crippen molar-refractivity contribution in [1.82, 2.24) is 10.3 Å². The van der Waals surface area contributed by atoms with E-state index in [0.29, 0.717) is 13.2 Å². The molecule has 0 aliphatic heterocycles. The molecule has 2 rings (SSSR count). The van der Waals surface area contributed by atoms with Crippen LogP contribution >= 0.6 is 11.3 Å². The number of hydrogen-bond acceptors (Lipinski definition) is 5. The molecule has 4 nitrogen and oxygen atoms in total. The van der Waals surface area contributed by atoms with Crippen molar-refractivity contribution in [1.29, 1.82) is 0 Å². The van der Waals surface area contributed by atoms with Gasteiger partial charge < -0.3 is 14.5 Å². The van der Waals surface area contributed by atoms with Crippen molar-refractivity contribution in [3.63, 3.8) is 0 Å². The zero-order valence-electron chi connectivity index (χ0n) is 10.7. The minimum atomic E-state index is 0.635. The maximum absolute atomic E-state index is 5.75. The van der Waals surface area contributed by atoms with Crippen LogP contribution in [0.25, 0.3) is 10.6 Å². The van der Waals surface area contributed by atoms with Crippen LogP contribution in [0.3, 0.4) is 0 Å². The molecule has 0 spiro atoms. The van der Waals surface area contributed by atoms with E-state index in [2.05, 4.69) is 28.7 Å². The lowest BCUT2D eigenvalue weighted by atomic mass is 10.2. The van der Waals surface area contributed by atoms with Gasteiger partial charge in [0.1, 0.15) is 0 Å². The number of aromatic nitrogens is 1. The van der Waals surface area contributed by atoms with Crippen molar-refractivity contribution in [2.45, 2.75) is 19.9 Å². The van der Waals surface area contributed by atoms with E-state index in [4.69, 9.17) is 9.15 Å². The van der Waals surface area contributed by atoms with E-state index in [9.17, 15) is 0 Å². The molecule has 0 saturated heterocycles. The number of nitrogens with zero attached hydrogens (tertiary/aromatic N) is 1. The largest absolute Gasteiger partial charge is 0.438 e. The minimum absolute atomic E-state index is 0.635. The number of aryl methyl sites for hydroxylation is 1. The summed E-state index contributed by atoms with van der Waals surface area (Å²) in [4.78, 5) is 5.47. The monoisotopic (exact) mass is 266 g/mol. The van der Waals surface area contributed by atoms with Crippen LogP contribution in [-0.4, -0.2) is 25.2 Å². The quantitative estimate of drug-likeness (QED) is 0.783. The number of methoxy groups -OCH3 is 1. The first-order valence-corrected chi connectivity index (χ1v) is 6.94. The first kappa shape index (κ1) is 13.3. The van der Waals surface area contributed by atoms with Gasteiger partial charge in [0, 0.05) is 13.7 Å². The number of oxazole rings is 1. The van der Waals surface area contributed by atoms with Crippen molar-refractivity contribution >= 4 is 11.3 Å². The van der Waals surface area contributed by atoms with Crippen LogP contribution in [0, 0.1) is 0 Å². The lowest BCUT2D eigenvalue weighted by molar-refractivity contribution is 0.198. The van der Waals surface area contributed by atoms with Crippen LogP contribution in [0.1, 0.15) is 18.4 Å². The zero-order valence-corrected chi connectivity index (χ0v) is 11.5. The molecule has 0 fully saturated rings. The summed E-state index contributed by atoms with van der Waals surface area (Å²) in [5.41, 5.74) is 1.31. The third-order valence-corrected chi connectivity index (χ3v) is 3.64. The Morgan fingerprint density at radius 1 is 1.50 bits per heavy atom. The maximum Gasteiger partial charge on any atom is 0.208 e. The molecular weight excluding hydrogens is 248 g/mol. The second-order valence-corrected chi connectivity index (χ2v) is 4.83. The fourth-order valence-corrected chi connectivity index (χ4v) is 2.64. The Bertz CT molecular complexity index is 479. The average Bonchev–Trinajstić information content (AvgIpc) is 3.02. The van der Waals surface area contributed by atoms with Gasteiger partial charge in [-0.15, -0.1) is 11.3 Å². The van der Waals surface area contributed by atoms with Gasteiger partial charge in [-0.2, -0.15) is 0 Å². The lowest BCUT2D eigenvalue weighted by Crippen LogP contribution is -2.18. The van der Waals surface area contributed by atoms with Gasteiger partial charge in [0.25, 0.3) is 0 Å². The van der Waals surface area contributed by atoms with Gasteiger partial charge >= 0.3 is 0 Å². The molecule has 1 N–H and O–H groups in total. The highest BCUT2D eigenvalue weighted by atomic mass is 32.1. The number of nitrogens with one attached hydrogen (secondary N) is 1. The summed E-state index contributed by atoms with van der Waals surface area (Å²) in [6.07, 6.45) is 2.82. The Hall–Kier alpha value is -1.17. The first-order chi connectivity index (χ1) is 8.85. The van der Waals surface area contributed by atoms with E-state index in [-0.39, 0.29) is 0 Å². The maximum atomic E-state index is 5.75. The Kier molecular flexibility index (Phi) is 4.92. The molecule has 0 radical (unpaired) electrons. The van der Waals surface area contributed by atoms with E-state index in [1.54, 1.807) is 24.6 Å². The molecule has 5 heteroatoms. The SMILES string of the molecule is CCc1ccsc1-c1cnc(CNCCOC)o1. The van der Waals surface area contributed by atoms with Crippen molar-refractivity contribution in [2.24, 2.45) is 0 Å². The summed E-state index contributed by atoms with van der Waals surface area (Å²) in [6, 6.07) is 2.14. The Morgan fingerprint density at radius 2 is 2.39 bits per heavy atom. The minimum Gasteiger partial charge on any atom is -0.438 e. The van der Waals surface area contributed by atoms with Crippen LogP contribution in [0.2, 0.25) is 0 Å². The topological polar surface area (TPSA) is 47.3 Å². The number of ether oxygens (including phenoxy) is 1. The van der Waals surface area contributed by atoms with Gasteiger partial charge in [0.2, 0.25) is 5.89 Å². The molecule has 0 aliphatic carbocycles. The summed E-state index contributed by atoms with van der Waals surface area (Å²) in [5, 5.41) is 5.30. The lowest BCUT2D eigenvalue weighted by Gasteiger charge is -2.00. The van der Waals surface area contributed by atoms with Crippen molar-refractivity contribution < 1.29 is 9.15 Å². The highest BCUT2D eigenvalue weighted by molar-refractivity contribution is 7.13. The molecular formula is C13H18N2O2S. The molecule has 2 aromatic rings. The normalized spacial score (nSPS) is 11.0. The van der Waals surface area contributed by atoms with Gasteiger partial charge in [-0.1, -0.05) is 6.92 Å². The molecule has 0 saturated carbocycles. The standard InChI is InChI=1S/C13H18N2O2S/c1-3-10-4-7-18-13(10)11-8-15-12(17-11)9-14-5-6-16-2/h4,7-8,14H,3,5-6,9H2,1-2H3. The van der Waals surface area contributed by atoms with Crippen LogP contribution < -0.4 is 5.32 Å². The zero-order chi connectivity index (χ0) is 12.8. The van der Waals surface area contributed by atoms with Gasteiger partial charge in [0.05, 0.1) is 24.2 Å². The van der Waals surface area contributed by atoms with E-state index >= 15 is 0 Å². The molecule has 0 amide bonds. The predicted molar refractivity (Wildman–Crippen MR) is 72.8 cm³/mol. The van der Waals surface area contributed by atoms with Crippen molar-refractivity contribution in [3.8, 4) is 10.6 Å². The van der Waals surface area contributed by atoms with E-state index < -0.39 is 0 Å². The van der Waals surface area contributed by atoms with Crippen molar-refractivity contribution in [2.75, 3.05) is 20.3 Å². The highest BCUT2D eigenvalue weighted by Crippen LogP contribution is 2.30. The molecule has 0 atom stereocenters. The van der Waals surface area contributed by atoms with E-state index in [1.165, 1.54) is 10.4 Å². The van der Waals surface area contributed by atoms with Gasteiger partial charge in [-0.3, -0.25) is 0 Å². The molecule has 98 valence electrons. The number of thiophene rings is 1. The third kappa shape index (κ3) is 3.19. The molecule has 0 aromatic carbocycles. The van der Waals surface area contributed by atoms with Crippen LogP contribution in [0.5, 0.6) is 0 Å². The first-order valence-electron chi connectivity index (χ1n) is 6.06. The van der Waals surface area contributed by atoms with Crippen LogP contribution in [-0.2, 0) is 17.7 Å². The Morgan fingerprint density at radius 3 is 3.17 bits per heavy atom. The molecule has 0 unspecified atom stereocenters. The second-order valence-electron chi connectivity index (χ2n) is 3.92. The summed E-state index contributed by atoms with van der Waals surface area (Å²) in [5.74, 6) is 1.59. The van der Waals surface area contributed by atoms with E-state index in [1.807, 2.05) is 0 Å². The average molecular weight is 266 g/mol. The molecule has 2 aromatic heterocycles. The second kappa shape index (κ2) is 6.68. The third-order valence-electron chi connectivity index (χ3n) is 2.66. The molecule has 18 heavy (non-hydrogen) atoms. The number of hydrogen-bond donors (Lipinski definition) is 1. The predicted octanol–water partition coefficient (Wildman–Crippen LogP) is 2.70. The molecule has 0 bridgehead atoms. The Labute approximate surface area is 111 Å². The summed E-state index contributed by atoms with van der Waals surface area (Å²) in [6.45, 7) is 4.28. The molecule has 0 aliphatic rings. The summed E-state index contributed by atoms with van der Waals surface area (Å²) in [7, 11) is 1.69. The Balaban J connectivity index is 1.97. The van der Waals surface area contributed by atoms with E-state index in [0.717, 1.165) is 24.6 Å². The van der Waals surface area contributed by atoms with Crippen LogP contribution in [0.4, 0.5) is 0 Å². The van der Waals surface area contributed by atoms with Gasteiger partial charge in [0.15, 0.2) is 5.76 Å². The van der Waals surface area contributed by atoms with Gasteiger partial charge in [-0.05, 0) is 23.4 Å². The van der Waals surface area contributed by atoms with Crippen LogP contribution in [0.15, 0.2) is 22.1 Å². The fourth-order valence-electron chi connectivity index (χ4n) is 1.70. The fraction of sp³-hybridized carbons (Fsp3) is 0.462. The smallest absolute Gasteiger partial charge is 0.208 e. The summed E-state index contributed by atoms with van der Waals surface area (Å²) >= 11 is 1.70. The number of rotatable bonds is 7.